The number of carbonyl (C=O) groups excluding carboxylic acids is 2. The molecule has 222 valence electrons. The number of nitrogens with one attached hydrogen (secondary N) is 3. The molecule has 0 spiro atoms. The molecule has 5 atom stereocenters. The third-order valence-electron chi connectivity index (χ3n) is 5.39. The van der Waals surface area contributed by atoms with Crippen molar-refractivity contribution in [1.29, 1.82) is 0 Å². The highest BCUT2D eigenvalue weighted by Gasteiger charge is 2.54. The van der Waals surface area contributed by atoms with Crippen LogP contribution in [-0.4, -0.2) is 75.6 Å². The molecule has 0 radical (unpaired) electrons. The van der Waals surface area contributed by atoms with Crippen LogP contribution in [0.25, 0.3) is 0 Å². The Balaban J connectivity index is 2.32. The van der Waals surface area contributed by atoms with Gasteiger partial charge in [0.25, 0.3) is 12.0 Å². The first-order valence-electron chi connectivity index (χ1n) is 12.1. The van der Waals surface area contributed by atoms with E-state index in [1.165, 1.54) is 13.8 Å². The summed E-state index contributed by atoms with van der Waals surface area (Å²) < 4.78 is 51.1. The molecule has 0 aliphatic carbocycles. The van der Waals surface area contributed by atoms with Gasteiger partial charge in [0.15, 0.2) is 18.4 Å². The molecule has 17 heteroatoms. The van der Waals surface area contributed by atoms with E-state index in [0.717, 1.165) is 16.8 Å². The van der Waals surface area contributed by atoms with Gasteiger partial charge in [-0.3, -0.25) is 23.9 Å². The van der Waals surface area contributed by atoms with E-state index >= 15 is 0 Å². The number of aliphatic hydroxyl groups is 1. The van der Waals surface area contributed by atoms with Crippen molar-refractivity contribution < 1.29 is 42.2 Å². The number of hydrogen-bond acceptors (Lipinski definition) is 10. The molecule has 1 aliphatic heterocycles. The summed E-state index contributed by atoms with van der Waals surface area (Å²) in [5.41, 5.74) is -4.13. The fraction of sp³-hybridized carbons (Fsp3) is 0.727. The van der Waals surface area contributed by atoms with E-state index < -0.39 is 91.4 Å². The summed E-state index contributed by atoms with van der Waals surface area (Å²) in [6.07, 6.45) is -6.91. The van der Waals surface area contributed by atoms with Gasteiger partial charge in [0, 0.05) is 18.7 Å². The summed E-state index contributed by atoms with van der Waals surface area (Å²) in [5.74, 6) is -1.40. The normalized spacial score (nSPS) is 23.3. The summed E-state index contributed by atoms with van der Waals surface area (Å²) in [5, 5.41) is 16.0. The molecule has 13 nitrogen and oxygen atoms in total. The maximum atomic E-state index is 14.4. The number of alkyl halides is 2. The van der Waals surface area contributed by atoms with E-state index in [2.05, 4.69) is 10.2 Å². The first kappa shape index (κ1) is 33.1. The number of hydrogen-bond donors (Lipinski definition) is 4. The minimum absolute atomic E-state index is 0.447. The third kappa shape index (κ3) is 8.96. The Morgan fingerprint density at radius 1 is 1.15 bits per heavy atom. The molecule has 0 bridgehead atoms. The van der Waals surface area contributed by atoms with Crippen LogP contribution in [0.15, 0.2) is 21.9 Å². The Bertz CT molecular complexity index is 1150. The van der Waals surface area contributed by atoms with Crippen LogP contribution in [0.3, 0.4) is 0 Å². The van der Waals surface area contributed by atoms with Crippen molar-refractivity contribution in [3.63, 3.8) is 0 Å². The minimum Gasteiger partial charge on any atom is -0.462 e. The lowest BCUT2D eigenvalue weighted by Crippen LogP contribution is -2.46. The van der Waals surface area contributed by atoms with Gasteiger partial charge in [0.2, 0.25) is 0 Å². The Morgan fingerprint density at radius 3 is 2.10 bits per heavy atom. The number of rotatable bonds is 13. The second-order valence-corrected chi connectivity index (χ2v) is 13.1. The lowest BCUT2D eigenvalue weighted by Gasteiger charge is -2.34. The van der Waals surface area contributed by atoms with Gasteiger partial charge in [-0.1, -0.05) is 0 Å². The molecular weight excluding hydrogens is 565 g/mol. The third-order valence-corrected chi connectivity index (χ3v) is 8.29. The summed E-state index contributed by atoms with van der Waals surface area (Å²) in [6.45, 7) is 4.83. The van der Waals surface area contributed by atoms with E-state index in [-0.39, 0.29) is 0 Å². The second kappa shape index (κ2) is 13.5. The number of carbonyl (C=O) groups is 2. The Labute approximate surface area is 228 Å². The first-order chi connectivity index (χ1) is 18.0. The number of nitrogens with zero attached hydrogens (tertiary/aromatic N) is 1. The van der Waals surface area contributed by atoms with E-state index in [0.29, 0.717) is 0 Å². The molecular formula is C22H35F2N4O9PS. The van der Waals surface area contributed by atoms with Gasteiger partial charge in [-0.05, 0) is 53.3 Å². The molecule has 1 aliphatic rings. The van der Waals surface area contributed by atoms with Crippen LogP contribution < -0.4 is 21.4 Å². The number of esters is 2. The topological polar surface area (TPSA) is 170 Å². The zero-order valence-electron chi connectivity index (χ0n) is 22.4. The van der Waals surface area contributed by atoms with E-state index in [4.69, 9.17) is 30.5 Å². The molecule has 0 unspecified atom stereocenters. The molecule has 1 aromatic rings. The van der Waals surface area contributed by atoms with Crippen LogP contribution in [0.4, 0.5) is 8.78 Å². The van der Waals surface area contributed by atoms with Crippen molar-refractivity contribution in [2.45, 2.75) is 96.6 Å². The van der Waals surface area contributed by atoms with Gasteiger partial charge in [0.05, 0.1) is 18.8 Å². The lowest BCUT2D eigenvalue weighted by molar-refractivity contribution is -0.169. The van der Waals surface area contributed by atoms with Gasteiger partial charge in [-0.15, -0.1) is 0 Å². The van der Waals surface area contributed by atoms with Crippen LogP contribution in [0, 0.1) is 0 Å². The number of ether oxygens (including phenoxy) is 3. The molecule has 0 aromatic carbocycles. The van der Waals surface area contributed by atoms with Gasteiger partial charge in [0.1, 0.15) is 18.2 Å². The van der Waals surface area contributed by atoms with Crippen molar-refractivity contribution in [1.82, 2.24) is 19.7 Å². The molecule has 39 heavy (non-hydrogen) atoms. The SMILES string of the molecule is CC(C)OC(=O)[C@H](C)NP(=S)(N[C@@H](C)C(=O)OC(C)C)OC[C@]1(C(F)F)C[C@@H](O)[C@H](n2ccc(=O)[nH]c2=O)O1. The molecule has 1 saturated heterocycles. The van der Waals surface area contributed by atoms with E-state index in [9.17, 15) is 33.1 Å². The van der Waals surface area contributed by atoms with Gasteiger partial charge in [-0.2, -0.15) is 0 Å². The van der Waals surface area contributed by atoms with Gasteiger partial charge >= 0.3 is 17.6 Å². The predicted molar refractivity (Wildman–Crippen MR) is 139 cm³/mol. The van der Waals surface area contributed by atoms with Crippen molar-refractivity contribution in [3.8, 4) is 0 Å². The predicted octanol–water partition coefficient (Wildman–Crippen LogP) is 0.921. The quantitative estimate of drug-likeness (QED) is 0.187. The number of aromatic nitrogens is 2. The number of aliphatic hydroxyl groups excluding tert-OH is 1. The second-order valence-electron chi connectivity index (χ2n) is 9.66. The Hall–Kier alpha value is -2.07. The standard InChI is InChI=1S/C22H35F2N4O9PS/c1-11(2)35-18(31)13(5)26-38(39,27-14(6)19(32)36-12(3)4)34-10-22(20(23)24)9-15(29)17(37-22)28-8-7-16(30)25-21(28)33/h7-8,11-15,17,20,29H,9-10H2,1-6H3,(H,25,30,33)(H2,26,27,39)/t13-,14-,15+,17+,22-/m0/s1. The first-order valence-corrected chi connectivity index (χ1v) is 14.9. The Morgan fingerprint density at radius 2 is 1.67 bits per heavy atom. The van der Waals surface area contributed by atoms with E-state index in [1.807, 2.05) is 4.98 Å². The highest BCUT2D eigenvalue weighted by Crippen LogP contribution is 2.46. The van der Waals surface area contributed by atoms with Gasteiger partial charge < -0.3 is 23.8 Å². The fourth-order valence-corrected chi connectivity index (χ4v) is 6.55. The largest absolute Gasteiger partial charge is 0.462 e. The van der Waals surface area contributed by atoms with Crippen LogP contribution >= 0.6 is 6.57 Å². The van der Waals surface area contributed by atoms with Crippen LogP contribution in [0.2, 0.25) is 0 Å². The number of H-pyrrole nitrogens is 1. The smallest absolute Gasteiger partial charge is 0.330 e. The summed E-state index contributed by atoms with van der Waals surface area (Å²) >= 11 is 5.57. The monoisotopic (exact) mass is 600 g/mol. The molecule has 1 aromatic heterocycles. The zero-order valence-corrected chi connectivity index (χ0v) is 24.1. The fourth-order valence-electron chi connectivity index (χ4n) is 3.58. The molecule has 0 amide bonds. The maximum Gasteiger partial charge on any atom is 0.330 e. The minimum atomic E-state index is -3.67. The average molecular weight is 601 g/mol. The van der Waals surface area contributed by atoms with Crippen LogP contribution in [-0.2, 0) is 40.1 Å². The molecule has 4 N–H and O–H groups in total. The van der Waals surface area contributed by atoms with E-state index in [1.54, 1.807) is 27.7 Å². The summed E-state index contributed by atoms with van der Waals surface area (Å²) in [7, 11) is 0. The highest BCUT2D eigenvalue weighted by atomic mass is 32.4. The lowest BCUT2D eigenvalue weighted by atomic mass is 10.0. The summed E-state index contributed by atoms with van der Waals surface area (Å²) in [4.78, 5) is 50.3. The van der Waals surface area contributed by atoms with Crippen molar-refractivity contribution in [2.75, 3.05) is 6.61 Å². The molecule has 0 saturated carbocycles. The van der Waals surface area contributed by atoms with Crippen LogP contribution in [0.5, 0.6) is 0 Å². The molecule has 2 rings (SSSR count). The van der Waals surface area contributed by atoms with Crippen LogP contribution in [0.1, 0.15) is 54.2 Å². The average Bonchev–Trinajstić information content (AvgIpc) is 3.14. The number of halogens is 2. The molecule has 1 fully saturated rings. The highest BCUT2D eigenvalue weighted by molar-refractivity contribution is 8.10. The molecule has 2 heterocycles. The van der Waals surface area contributed by atoms with Crippen molar-refractivity contribution >= 4 is 30.3 Å². The van der Waals surface area contributed by atoms with Crippen molar-refractivity contribution in [3.05, 3.63) is 33.1 Å². The Kier molecular flexibility index (Phi) is 11.5. The number of aromatic amines is 1. The zero-order chi connectivity index (χ0) is 29.7. The summed E-state index contributed by atoms with van der Waals surface area (Å²) in [6, 6.07) is -1.16. The maximum absolute atomic E-state index is 14.4. The van der Waals surface area contributed by atoms with Gasteiger partial charge in [-0.25, -0.2) is 23.7 Å². The van der Waals surface area contributed by atoms with Crippen molar-refractivity contribution in [2.24, 2.45) is 0 Å².